The first-order valence-corrected chi connectivity index (χ1v) is 8.76. The number of allylic oxidation sites excluding steroid dienone is 1. The van der Waals surface area contributed by atoms with Gasteiger partial charge in [0.2, 0.25) is 0 Å². The van der Waals surface area contributed by atoms with Gasteiger partial charge in [-0.1, -0.05) is 6.08 Å². The molecule has 0 radical (unpaired) electrons. The van der Waals surface area contributed by atoms with Crippen LogP contribution >= 0.6 is 0 Å². The lowest BCUT2D eigenvalue weighted by molar-refractivity contribution is 0.00578. The van der Waals surface area contributed by atoms with E-state index in [4.69, 9.17) is 9.31 Å². The van der Waals surface area contributed by atoms with Crippen LogP contribution < -0.4 is 0 Å². The first-order chi connectivity index (χ1) is 10.3. The van der Waals surface area contributed by atoms with Gasteiger partial charge in [-0.15, -0.1) is 0 Å². The van der Waals surface area contributed by atoms with E-state index >= 15 is 0 Å². The van der Waals surface area contributed by atoms with Gasteiger partial charge in [0.05, 0.1) is 11.2 Å². The third-order valence-corrected chi connectivity index (χ3v) is 6.03. The fourth-order valence-corrected chi connectivity index (χ4v) is 3.57. The molecule has 0 unspecified atom stereocenters. The van der Waals surface area contributed by atoms with Gasteiger partial charge in [-0.05, 0) is 59.5 Å². The molecule has 2 fully saturated rings. The van der Waals surface area contributed by atoms with E-state index in [-0.39, 0.29) is 18.3 Å². The molecule has 3 rings (SSSR count). The standard InChI is InChI=1S/C17H31BN2O2/c1-16(2)17(3,4)22-18(21-16)14-6-8-15(9-7-14)20-12-10-19(5)11-13-20/h6,15H,7-13H2,1-5H3/t15-/m0/s1. The predicted molar refractivity (Wildman–Crippen MR) is 90.9 cm³/mol. The Kier molecular flexibility index (Phi) is 4.45. The van der Waals surface area contributed by atoms with E-state index in [1.807, 2.05) is 0 Å². The lowest BCUT2D eigenvalue weighted by atomic mass is 9.71. The molecule has 2 aliphatic heterocycles. The van der Waals surface area contributed by atoms with Crippen LogP contribution in [0.25, 0.3) is 0 Å². The maximum atomic E-state index is 6.19. The summed E-state index contributed by atoms with van der Waals surface area (Å²) in [6.07, 6.45) is 5.87. The van der Waals surface area contributed by atoms with Gasteiger partial charge in [-0.2, -0.15) is 0 Å². The highest BCUT2D eigenvalue weighted by Crippen LogP contribution is 2.40. The van der Waals surface area contributed by atoms with Gasteiger partial charge in [-0.25, -0.2) is 0 Å². The summed E-state index contributed by atoms with van der Waals surface area (Å²) >= 11 is 0. The van der Waals surface area contributed by atoms with Crippen LogP contribution in [0.2, 0.25) is 0 Å². The Balaban J connectivity index is 1.58. The quantitative estimate of drug-likeness (QED) is 0.731. The highest BCUT2D eigenvalue weighted by molar-refractivity contribution is 6.54. The maximum Gasteiger partial charge on any atom is 0.490 e. The summed E-state index contributed by atoms with van der Waals surface area (Å²) in [5.41, 5.74) is 0.892. The molecule has 0 spiro atoms. The minimum Gasteiger partial charge on any atom is -0.400 e. The number of piperazine rings is 1. The van der Waals surface area contributed by atoms with Crippen molar-refractivity contribution in [3.05, 3.63) is 11.5 Å². The van der Waals surface area contributed by atoms with Gasteiger partial charge < -0.3 is 14.2 Å². The second kappa shape index (κ2) is 5.93. The molecule has 4 nitrogen and oxygen atoms in total. The van der Waals surface area contributed by atoms with Crippen LogP contribution in [0, 0.1) is 0 Å². The third kappa shape index (κ3) is 3.14. The van der Waals surface area contributed by atoms with Crippen molar-refractivity contribution >= 4 is 7.12 Å². The summed E-state index contributed by atoms with van der Waals surface area (Å²) < 4.78 is 12.4. The highest BCUT2D eigenvalue weighted by atomic mass is 16.7. The number of likely N-dealkylation sites (N-methyl/N-ethyl adjacent to an activating group) is 1. The average Bonchev–Trinajstić information content (AvgIpc) is 2.68. The topological polar surface area (TPSA) is 24.9 Å². The van der Waals surface area contributed by atoms with E-state index in [0.717, 1.165) is 12.8 Å². The molecular weight excluding hydrogens is 275 g/mol. The first-order valence-electron chi connectivity index (χ1n) is 8.76. The number of nitrogens with zero attached hydrogens (tertiary/aromatic N) is 2. The van der Waals surface area contributed by atoms with Crippen molar-refractivity contribution in [2.45, 2.75) is 64.2 Å². The van der Waals surface area contributed by atoms with E-state index in [9.17, 15) is 0 Å². The fraction of sp³-hybridized carbons (Fsp3) is 0.882. The van der Waals surface area contributed by atoms with E-state index < -0.39 is 0 Å². The minimum atomic E-state index is -0.229. The molecule has 0 aromatic carbocycles. The molecule has 0 aromatic rings. The lowest BCUT2D eigenvalue weighted by Gasteiger charge is -2.39. The zero-order valence-electron chi connectivity index (χ0n) is 14.9. The Morgan fingerprint density at radius 2 is 1.64 bits per heavy atom. The average molecular weight is 306 g/mol. The molecule has 0 bridgehead atoms. The molecule has 0 N–H and O–H groups in total. The van der Waals surface area contributed by atoms with Crippen LogP contribution in [0.5, 0.6) is 0 Å². The van der Waals surface area contributed by atoms with E-state index in [1.54, 1.807) is 0 Å². The minimum absolute atomic E-state index is 0.140. The largest absolute Gasteiger partial charge is 0.490 e. The van der Waals surface area contributed by atoms with Crippen molar-refractivity contribution in [2.24, 2.45) is 0 Å². The number of hydrogen-bond donors (Lipinski definition) is 0. The number of hydrogen-bond acceptors (Lipinski definition) is 4. The molecule has 22 heavy (non-hydrogen) atoms. The van der Waals surface area contributed by atoms with Gasteiger partial charge in [0, 0.05) is 32.2 Å². The normalized spacial score (nSPS) is 33.0. The molecular formula is C17H31BN2O2. The fourth-order valence-electron chi connectivity index (χ4n) is 3.57. The second-order valence-corrected chi connectivity index (χ2v) is 8.13. The first kappa shape index (κ1) is 16.5. The Bertz CT molecular complexity index is 426. The molecule has 0 aromatic heterocycles. The zero-order chi connectivity index (χ0) is 16.0. The van der Waals surface area contributed by atoms with Gasteiger partial charge in [0.25, 0.3) is 0 Å². The predicted octanol–water partition coefficient (Wildman–Crippen LogP) is 2.34. The molecule has 124 valence electrons. The van der Waals surface area contributed by atoms with Crippen molar-refractivity contribution in [2.75, 3.05) is 33.2 Å². The third-order valence-electron chi connectivity index (χ3n) is 6.03. The molecule has 1 atom stereocenters. The monoisotopic (exact) mass is 306 g/mol. The maximum absolute atomic E-state index is 6.19. The molecule has 5 heteroatoms. The van der Waals surface area contributed by atoms with Crippen molar-refractivity contribution < 1.29 is 9.31 Å². The zero-order valence-corrected chi connectivity index (χ0v) is 14.9. The van der Waals surface area contributed by atoms with Crippen molar-refractivity contribution in [1.82, 2.24) is 9.80 Å². The van der Waals surface area contributed by atoms with Gasteiger partial charge in [0.15, 0.2) is 0 Å². The number of rotatable bonds is 2. The Hall–Kier alpha value is -0.355. The van der Waals surface area contributed by atoms with E-state index in [1.165, 1.54) is 38.1 Å². The molecule has 0 amide bonds. The lowest BCUT2D eigenvalue weighted by Crippen LogP contribution is -2.49. The molecule has 3 aliphatic rings. The van der Waals surface area contributed by atoms with Crippen molar-refractivity contribution in [3.63, 3.8) is 0 Å². The van der Waals surface area contributed by atoms with Crippen LogP contribution in [0.4, 0.5) is 0 Å². The van der Waals surface area contributed by atoms with Crippen LogP contribution in [0.3, 0.4) is 0 Å². The summed E-state index contributed by atoms with van der Waals surface area (Å²) in [6, 6.07) is 0.708. The van der Waals surface area contributed by atoms with Crippen LogP contribution in [0.1, 0.15) is 47.0 Å². The molecule has 0 saturated carbocycles. The van der Waals surface area contributed by atoms with Crippen molar-refractivity contribution in [1.29, 1.82) is 0 Å². The van der Waals surface area contributed by atoms with Gasteiger partial charge in [0.1, 0.15) is 0 Å². The molecule has 2 saturated heterocycles. The SMILES string of the molecule is CN1CCN([C@H]2CC=C(B3OC(C)(C)C(C)(C)O3)CC2)CC1. The van der Waals surface area contributed by atoms with E-state index in [0.29, 0.717) is 6.04 Å². The Labute approximate surface area is 136 Å². The smallest absolute Gasteiger partial charge is 0.400 e. The summed E-state index contributed by atoms with van der Waals surface area (Å²) in [5.74, 6) is 0. The van der Waals surface area contributed by atoms with E-state index in [2.05, 4.69) is 50.6 Å². The van der Waals surface area contributed by atoms with Crippen LogP contribution in [-0.2, 0) is 9.31 Å². The Morgan fingerprint density at radius 3 is 2.14 bits per heavy atom. The second-order valence-electron chi connectivity index (χ2n) is 8.13. The van der Waals surface area contributed by atoms with Crippen molar-refractivity contribution in [3.8, 4) is 0 Å². The van der Waals surface area contributed by atoms with Crippen LogP contribution in [-0.4, -0.2) is 67.4 Å². The molecule has 2 heterocycles. The Morgan fingerprint density at radius 1 is 1.05 bits per heavy atom. The summed E-state index contributed by atoms with van der Waals surface area (Å²) in [6.45, 7) is 13.3. The summed E-state index contributed by atoms with van der Waals surface area (Å²) in [7, 11) is 2.08. The van der Waals surface area contributed by atoms with Crippen LogP contribution in [0.15, 0.2) is 11.5 Å². The van der Waals surface area contributed by atoms with Gasteiger partial charge >= 0.3 is 7.12 Å². The highest BCUT2D eigenvalue weighted by Gasteiger charge is 2.52. The molecule has 1 aliphatic carbocycles. The summed E-state index contributed by atoms with van der Waals surface area (Å²) in [5, 5.41) is 0. The summed E-state index contributed by atoms with van der Waals surface area (Å²) in [4.78, 5) is 5.09. The van der Waals surface area contributed by atoms with Gasteiger partial charge in [-0.3, -0.25) is 4.90 Å².